The van der Waals surface area contributed by atoms with Crippen LogP contribution in [0.15, 0.2) is 24.3 Å². The first-order valence-electron chi connectivity index (χ1n) is 4.19. The van der Waals surface area contributed by atoms with Crippen molar-refractivity contribution in [1.82, 2.24) is 0 Å². The highest BCUT2D eigenvalue weighted by molar-refractivity contribution is 5.27. The molecule has 3 N–H and O–H groups in total. The largest absolute Gasteiger partial charge is 0.393 e. The Balaban J connectivity index is 2.82. The van der Waals surface area contributed by atoms with E-state index in [1.165, 1.54) is 0 Å². The van der Waals surface area contributed by atoms with Crippen LogP contribution in [0.5, 0.6) is 0 Å². The Bertz CT molecular complexity index is 245. The monoisotopic (exact) mass is 165 g/mol. The Morgan fingerprint density at radius 1 is 1.33 bits per heavy atom. The Labute approximate surface area is 73.0 Å². The fourth-order valence-electron chi connectivity index (χ4n) is 1.27. The van der Waals surface area contributed by atoms with Gasteiger partial charge in [-0.15, -0.1) is 0 Å². The molecule has 0 aromatic heterocycles. The van der Waals surface area contributed by atoms with Crippen LogP contribution in [0.2, 0.25) is 0 Å². The predicted octanol–water partition coefficient (Wildman–Crippen LogP) is 1.07. The second kappa shape index (κ2) is 4.24. The number of nitrogens with two attached hydrogens (primary N) is 1. The van der Waals surface area contributed by atoms with E-state index in [0.717, 1.165) is 11.1 Å². The molecule has 0 radical (unpaired) electrons. The van der Waals surface area contributed by atoms with E-state index in [4.69, 9.17) is 5.73 Å². The van der Waals surface area contributed by atoms with Crippen LogP contribution in [0.4, 0.5) is 0 Å². The molecule has 0 aliphatic heterocycles. The summed E-state index contributed by atoms with van der Waals surface area (Å²) in [4.78, 5) is 0. The lowest BCUT2D eigenvalue weighted by molar-refractivity contribution is 0.195. The van der Waals surface area contributed by atoms with Gasteiger partial charge in [-0.3, -0.25) is 0 Å². The Hall–Kier alpha value is -0.860. The van der Waals surface area contributed by atoms with Crippen LogP contribution in [0, 0.1) is 0 Å². The minimum atomic E-state index is -0.294. The van der Waals surface area contributed by atoms with Gasteiger partial charge in [0.05, 0.1) is 6.10 Å². The van der Waals surface area contributed by atoms with Crippen molar-refractivity contribution in [2.45, 2.75) is 26.0 Å². The molecule has 0 bridgehead atoms. The maximum absolute atomic E-state index is 9.18. The van der Waals surface area contributed by atoms with E-state index in [9.17, 15) is 5.11 Å². The van der Waals surface area contributed by atoms with Crippen LogP contribution in [-0.4, -0.2) is 11.2 Å². The summed E-state index contributed by atoms with van der Waals surface area (Å²) in [6, 6.07) is 7.94. The lowest BCUT2D eigenvalue weighted by atomic mass is 10.0. The van der Waals surface area contributed by atoms with Crippen molar-refractivity contribution < 1.29 is 5.11 Å². The van der Waals surface area contributed by atoms with Crippen molar-refractivity contribution in [2.75, 3.05) is 0 Å². The van der Waals surface area contributed by atoms with Gasteiger partial charge in [-0.2, -0.15) is 0 Å². The molecule has 1 rings (SSSR count). The summed E-state index contributed by atoms with van der Waals surface area (Å²) >= 11 is 0. The van der Waals surface area contributed by atoms with Crippen LogP contribution in [0.25, 0.3) is 0 Å². The molecule has 66 valence electrons. The first kappa shape index (κ1) is 9.23. The molecule has 0 spiro atoms. The Morgan fingerprint density at radius 2 is 1.92 bits per heavy atom. The second-order valence-corrected chi connectivity index (χ2v) is 3.03. The third kappa shape index (κ3) is 2.32. The van der Waals surface area contributed by atoms with E-state index in [1.807, 2.05) is 24.3 Å². The molecule has 0 aliphatic rings. The standard InChI is InChI=1S/C10H15NO/c1-8(12)6-9-4-2-3-5-10(9)7-11/h2-5,8,12H,6-7,11H2,1H3. The second-order valence-electron chi connectivity index (χ2n) is 3.03. The maximum atomic E-state index is 9.18. The minimum absolute atomic E-state index is 0.294. The highest BCUT2D eigenvalue weighted by Gasteiger charge is 2.02. The minimum Gasteiger partial charge on any atom is -0.393 e. The van der Waals surface area contributed by atoms with Gasteiger partial charge in [-0.25, -0.2) is 0 Å². The maximum Gasteiger partial charge on any atom is 0.0552 e. The van der Waals surface area contributed by atoms with Crippen molar-refractivity contribution in [3.8, 4) is 0 Å². The number of aliphatic hydroxyl groups excluding tert-OH is 1. The van der Waals surface area contributed by atoms with Crippen LogP contribution in [0.1, 0.15) is 18.1 Å². The fraction of sp³-hybridized carbons (Fsp3) is 0.400. The molecule has 0 amide bonds. The molecule has 1 unspecified atom stereocenters. The van der Waals surface area contributed by atoms with Crippen molar-refractivity contribution in [1.29, 1.82) is 0 Å². The molecule has 2 heteroatoms. The van der Waals surface area contributed by atoms with Crippen molar-refractivity contribution in [2.24, 2.45) is 5.73 Å². The van der Waals surface area contributed by atoms with Crippen molar-refractivity contribution in [3.63, 3.8) is 0 Å². The third-order valence-corrected chi connectivity index (χ3v) is 1.85. The number of hydrogen-bond acceptors (Lipinski definition) is 2. The van der Waals surface area contributed by atoms with E-state index in [1.54, 1.807) is 6.92 Å². The number of hydrogen-bond donors (Lipinski definition) is 2. The Kier molecular flexibility index (Phi) is 3.26. The molecule has 0 fully saturated rings. The SMILES string of the molecule is CC(O)Cc1ccccc1CN. The van der Waals surface area contributed by atoms with Crippen LogP contribution in [0.3, 0.4) is 0 Å². The van der Waals surface area contributed by atoms with Crippen LogP contribution >= 0.6 is 0 Å². The smallest absolute Gasteiger partial charge is 0.0552 e. The van der Waals surface area contributed by atoms with Gasteiger partial charge in [-0.05, 0) is 24.5 Å². The third-order valence-electron chi connectivity index (χ3n) is 1.85. The summed E-state index contributed by atoms with van der Waals surface area (Å²) in [5.41, 5.74) is 7.82. The van der Waals surface area contributed by atoms with E-state index in [2.05, 4.69) is 0 Å². The topological polar surface area (TPSA) is 46.2 Å². The molecule has 0 saturated carbocycles. The summed E-state index contributed by atoms with van der Waals surface area (Å²) in [7, 11) is 0. The first-order chi connectivity index (χ1) is 5.74. The zero-order valence-electron chi connectivity index (χ0n) is 7.33. The molecule has 1 atom stereocenters. The molecule has 1 aromatic carbocycles. The zero-order chi connectivity index (χ0) is 8.97. The van der Waals surface area contributed by atoms with Gasteiger partial charge in [0.2, 0.25) is 0 Å². The molecule has 1 aromatic rings. The van der Waals surface area contributed by atoms with Gasteiger partial charge in [0.25, 0.3) is 0 Å². The summed E-state index contributed by atoms with van der Waals surface area (Å²) < 4.78 is 0. The number of aliphatic hydroxyl groups is 1. The van der Waals surface area contributed by atoms with Gasteiger partial charge in [0, 0.05) is 6.54 Å². The van der Waals surface area contributed by atoms with Crippen LogP contribution in [-0.2, 0) is 13.0 Å². The molecule has 0 saturated heterocycles. The normalized spacial score (nSPS) is 12.9. The number of benzene rings is 1. The average molecular weight is 165 g/mol. The van der Waals surface area contributed by atoms with Crippen molar-refractivity contribution in [3.05, 3.63) is 35.4 Å². The molecular weight excluding hydrogens is 150 g/mol. The molecule has 12 heavy (non-hydrogen) atoms. The van der Waals surface area contributed by atoms with Crippen LogP contribution < -0.4 is 5.73 Å². The van der Waals surface area contributed by atoms with Gasteiger partial charge in [-0.1, -0.05) is 24.3 Å². The van der Waals surface area contributed by atoms with Crippen molar-refractivity contribution >= 4 is 0 Å². The summed E-state index contributed by atoms with van der Waals surface area (Å²) in [6.07, 6.45) is 0.394. The number of rotatable bonds is 3. The van der Waals surface area contributed by atoms with E-state index >= 15 is 0 Å². The van der Waals surface area contributed by atoms with Gasteiger partial charge < -0.3 is 10.8 Å². The highest BCUT2D eigenvalue weighted by Crippen LogP contribution is 2.09. The predicted molar refractivity (Wildman–Crippen MR) is 49.7 cm³/mol. The lowest BCUT2D eigenvalue weighted by Gasteiger charge is -2.08. The van der Waals surface area contributed by atoms with Gasteiger partial charge in [0.1, 0.15) is 0 Å². The molecule has 0 aliphatic carbocycles. The fourth-order valence-corrected chi connectivity index (χ4v) is 1.27. The lowest BCUT2D eigenvalue weighted by Crippen LogP contribution is -2.08. The van der Waals surface area contributed by atoms with E-state index < -0.39 is 0 Å². The van der Waals surface area contributed by atoms with E-state index in [0.29, 0.717) is 13.0 Å². The summed E-state index contributed by atoms with van der Waals surface area (Å²) in [5.74, 6) is 0. The summed E-state index contributed by atoms with van der Waals surface area (Å²) in [6.45, 7) is 2.33. The highest BCUT2D eigenvalue weighted by atomic mass is 16.3. The van der Waals surface area contributed by atoms with Gasteiger partial charge >= 0.3 is 0 Å². The van der Waals surface area contributed by atoms with Gasteiger partial charge in [0.15, 0.2) is 0 Å². The first-order valence-corrected chi connectivity index (χ1v) is 4.19. The quantitative estimate of drug-likeness (QED) is 0.703. The molecule has 0 heterocycles. The zero-order valence-corrected chi connectivity index (χ0v) is 7.33. The average Bonchev–Trinajstić information content (AvgIpc) is 2.04. The molecule has 2 nitrogen and oxygen atoms in total. The summed E-state index contributed by atoms with van der Waals surface area (Å²) in [5, 5.41) is 9.18. The van der Waals surface area contributed by atoms with E-state index in [-0.39, 0.29) is 6.10 Å². The Morgan fingerprint density at radius 3 is 2.42 bits per heavy atom. The molecular formula is C10H15NO.